The molecule has 1 aromatic carbocycles. The third kappa shape index (κ3) is 3.13. The summed E-state index contributed by atoms with van der Waals surface area (Å²) >= 11 is 6.08. The summed E-state index contributed by atoms with van der Waals surface area (Å²) in [6, 6.07) is 4.82. The maximum atomic E-state index is 12.5. The SMILES string of the molecule is CN(C)C(=O)c1cc(NC(=O)c2n[nH]c3c2CNCC3)ccc1Cl. The molecule has 8 heteroatoms. The molecule has 0 aliphatic carbocycles. The summed E-state index contributed by atoms with van der Waals surface area (Å²) in [6.07, 6.45) is 0.818. The van der Waals surface area contributed by atoms with E-state index in [4.69, 9.17) is 11.6 Å². The topological polar surface area (TPSA) is 90.1 Å². The largest absolute Gasteiger partial charge is 0.345 e. The number of aromatic nitrogens is 2. The van der Waals surface area contributed by atoms with Crippen LogP contribution in [0.1, 0.15) is 32.1 Å². The maximum absolute atomic E-state index is 12.5. The van der Waals surface area contributed by atoms with Crippen molar-refractivity contribution in [2.45, 2.75) is 13.0 Å². The molecule has 2 amide bonds. The van der Waals surface area contributed by atoms with Gasteiger partial charge in [-0.2, -0.15) is 5.10 Å². The number of amides is 2. The molecule has 1 aromatic heterocycles. The van der Waals surface area contributed by atoms with Gasteiger partial charge in [-0.25, -0.2) is 0 Å². The van der Waals surface area contributed by atoms with Gasteiger partial charge in [-0.3, -0.25) is 14.7 Å². The fourth-order valence-electron chi connectivity index (χ4n) is 2.61. The van der Waals surface area contributed by atoms with Gasteiger partial charge in [0, 0.05) is 50.6 Å². The lowest BCUT2D eigenvalue weighted by Crippen LogP contribution is -2.25. The summed E-state index contributed by atoms with van der Waals surface area (Å²) in [5.41, 5.74) is 3.07. The van der Waals surface area contributed by atoms with E-state index in [1.165, 1.54) is 4.90 Å². The van der Waals surface area contributed by atoms with Crippen molar-refractivity contribution in [3.63, 3.8) is 0 Å². The van der Waals surface area contributed by atoms with Crippen molar-refractivity contribution < 1.29 is 9.59 Å². The van der Waals surface area contributed by atoms with Crippen LogP contribution in [0.3, 0.4) is 0 Å². The molecule has 0 unspecified atom stereocenters. The normalized spacial score (nSPS) is 13.3. The molecule has 126 valence electrons. The van der Waals surface area contributed by atoms with Gasteiger partial charge in [0.15, 0.2) is 5.69 Å². The second-order valence-corrected chi connectivity index (χ2v) is 6.21. The first-order chi connectivity index (χ1) is 11.5. The van der Waals surface area contributed by atoms with E-state index in [2.05, 4.69) is 20.8 Å². The zero-order valence-corrected chi connectivity index (χ0v) is 14.2. The first kappa shape index (κ1) is 16.5. The fourth-order valence-corrected chi connectivity index (χ4v) is 2.81. The molecule has 0 saturated heterocycles. The molecule has 0 atom stereocenters. The highest BCUT2D eigenvalue weighted by Gasteiger charge is 2.22. The van der Waals surface area contributed by atoms with Crippen molar-refractivity contribution in [1.29, 1.82) is 0 Å². The lowest BCUT2D eigenvalue weighted by molar-refractivity contribution is 0.0827. The number of halogens is 1. The van der Waals surface area contributed by atoms with Crippen molar-refractivity contribution in [2.75, 3.05) is 26.0 Å². The van der Waals surface area contributed by atoms with Crippen LogP contribution in [-0.2, 0) is 13.0 Å². The van der Waals surface area contributed by atoms with Crippen molar-refractivity contribution in [3.05, 3.63) is 45.7 Å². The van der Waals surface area contributed by atoms with Crippen LogP contribution in [-0.4, -0.2) is 47.6 Å². The Labute approximate surface area is 144 Å². The van der Waals surface area contributed by atoms with Gasteiger partial charge in [0.25, 0.3) is 11.8 Å². The number of hydrogen-bond donors (Lipinski definition) is 3. The first-order valence-corrected chi connectivity index (χ1v) is 7.94. The predicted octanol–water partition coefficient (Wildman–Crippen LogP) is 1.66. The van der Waals surface area contributed by atoms with Crippen LogP contribution in [0.15, 0.2) is 18.2 Å². The molecule has 2 heterocycles. The Hall–Kier alpha value is -2.38. The van der Waals surface area contributed by atoms with Crippen molar-refractivity contribution in [3.8, 4) is 0 Å². The number of anilines is 1. The Morgan fingerprint density at radius 2 is 2.12 bits per heavy atom. The van der Waals surface area contributed by atoms with Gasteiger partial charge in [0.1, 0.15) is 0 Å². The highest BCUT2D eigenvalue weighted by molar-refractivity contribution is 6.34. The van der Waals surface area contributed by atoms with E-state index in [0.717, 1.165) is 24.2 Å². The van der Waals surface area contributed by atoms with Crippen LogP contribution < -0.4 is 10.6 Å². The van der Waals surface area contributed by atoms with Crippen LogP contribution in [0.5, 0.6) is 0 Å². The molecule has 0 bridgehead atoms. The number of nitrogens with one attached hydrogen (secondary N) is 3. The Kier molecular flexibility index (Phi) is 4.55. The molecule has 0 saturated carbocycles. The fraction of sp³-hybridized carbons (Fsp3) is 0.312. The van der Waals surface area contributed by atoms with E-state index in [1.54, 1.807) is 32.3 Å². The highest BCUT2D eigenvalue weighted by atomic mass is 35.5. The molecular formula is C16H18ClN5O2. The first-order valence-electron chi connectivity index (χ1n) is 7.56. The minimum absolute atomic E-state index is 0.225. The smallest absolute Gasteiger partial charge is 0.276 e. The lowest BCUT2D eigenvalue weighted by Gasteiger charge is -2.14. The lowest BCUT2D eigenvalue weighted by atomic mass is 10.1. The summed E-state index contributed by atoms with van der Waals surface area (Å²) in [4.78, 5) is 26.1. The average Bonchev–Trinajstić information content (AvgIpc) is 3.00. The second-order valence-electron chi connectivity index (χ2n) is 5.80. The quantitative estimate of drug-likeness (QED) is 0.787. The third-order valence-corrected chi connectivity index (χ3v) is 4.21. The van der Waals surface area contributed by atoms with Crippen molar-refractivity contribution >= 4 is 29.1 Å². The molecule has 0 spiro atoms. The number of aromatic amines is 1. The molecule has 7 nitrogen and oxygen atoms in total. The Morgan fingerprint density at radius 1 is 1.33 bits per heavy atom. The third-order valence-electron chi connectivity index (χ3n) is 3.88. The van der Waals surface area contributed by atoms with Gasteiger partial charge in [-0.05, 0) is 18.2 Å². The molecule has 0 radical (unpaired) electrons. The van der Waals surface area contributed by atoms with Crippen LogP contribution >= 0.6 is 11.6 Å². The van der Waals surface area contributed by atoms with Gasteiger partial charge in [-0.15, -0.1) is 0 Å². The van der Waals surface area contributed by atoms with E-state index in [1.807, 2.05) is 0 Å². The number of H-pyrrole nitrogens is 1. The van der Waals surface area contributed by atoms with Crippen LogP contribution in [0, 0.1) is 0 Å². The van der Waals surface area contributed by atoms with Crippen molar-refractivity contribution in [2.24, 2.45) is 0 Å². The maximum Gasteiger partial charge on any atom is 0.276 e. The molecule has 24 heavy (non-hydrogen) atoms. The van der Waals surface area contributed by atoms with E-state index in [0.29, 0.717) is 28.5 Å². The number of carbonyl (C=O) groups excluding carboxylic acids is 2. The zero-order valence-electron chi connectivity index (χ0n) is 13.4. The predicted molar refractivity (Wildman–Crippen MR) is 91.4 cm³/mol. The number of benzene rings is 1. The van der Waals surface area contributed by atoms with E-state index in [-0.39, 0.29) is 11.8 Å². The molecule has 1 aliphatic heterocycles. The van der Waals surface area contributed by atoms with Gasteiger partial charge >= 0.3 is 0 Å². The number of nitrogens with zero attached hydrogens (tertiary/aromatic N) is 2. The van der Waals surface area contributed by atoms with Crippen LogP contribution in [0.25, 0.3) is 0 Å². The zero-order chi connectivity index (χ0) is 17.3. The number of fused-ring (bicyclic) bond motifs is 1. The molecular weight excluding hydrogens is 330 g/mol. The van der Waals surface area contributed by atoms with Gasteiger partial charge in [0.05, 0.1) is 10.6 Å². The highest BCUT2D eigenvalue weighted by Crippen LogP contribution is 2.23. The summed E-state index contributed by atoms with van der Waals surface area (Å²) in [5.74, 6) is -0.542. The minimum atomic E-state index is -0.318. The Balaban J connectivity index is 1.83. The van der Waals surface area contributed by atoms with Crippen molar-refractivity contribution in [1.82, 2.24) is 20.4 Å². The van der Waals surface area contributed by atoms with Crippen LogP contribution in [0.4, 0.5) is 5.69 Å². The van der Waals surface area contributed by atoms with E-state index >= 15 is 0 Å². The summed E-state index contributed by atoms with van der Waals surface area (Å²) < 4.78 is 0. The number of rotatable bonds is 3. The number of carbonyl (C=O) groups is 2. The molecule has 1 aliphatic rings. The van der Waals surface area contributed by atoms with Gasteiger partial charge in [0.2, 0.25) is 0 Å². The molecule has 2 aromatic rings. The molecule has 3 N–H and O–H groups in total. The average molecular weight is 348 g/mol. The standard InChI is InChI=1S/C16H18ClN5O2/c1-22(2)16(24)10-7-9(3-4-12(10)17)19-15(23)14-11-8-18-6-5-13(11)20-21-14/h3-4,7,18H,5-6,8H2,1-2H3,(H,19,23)(H,20,21). The monoisotopic (exact) mass is 347 g/mol. The summed E-state index contributed by atoms with van der Waals surface area (Å²) in [7, 11) is 3.29. The summed E-state index contributed by atoms with van der Waals surface area (Å²) in [5, 5.41) is 13.4. The van der Waals surface area contributed by atoms with Crippen LogP contribution in [0.2, 0.25) is 5.02 Å². The van der Waals surface area contributed by atoms with Gasteiger partial charge in [-0.1, -0.05) is 11.6 Å². The number of hydrogen-bond acceptors (Lipinski definition) is 4. The molecule has 0 fully saturated rings. The Morgan fingerprint density at radius 3 is 2.88 bits per heavy atom. The van der Waals surface area contributed by atoms with E-state index in [9.17, 15) is 9.59 Å². The second kappa shape index (κ2) is 6.62. The van der Waals surface area contributed by atoms with E-state index < -0.39 is 0 Å². The molecule has 3 rings (SSSR count). The minimum Gasteiger partial charge on any atom is -0.345 e. The Bertz CT molecular complexity index is 800. The van der Waals surface area contributed by atoms with Gasteiger partial charge < -0.3 is 15.5 Å². The summed E-state index contributed by atoms with van der Waals surface area (Å²) in [6.45, 7) is 1.48.